The smallest absolute Gasteiger partial charge is 0.422 e. The van der Waals surface area contributed by atoms with E-state index in [9.17, 15) is 18.0 Å². The molecule has 0 aromatic carbocycles. The zero-order valence-electron chi connectivity index (χ0n) is 15.2. The highest BCUT2D eigenvalue weighted by atomic mass is 19.4. The van der Waals surface area contributed by atoms with Crippen LogP contribution in [-0.4, -0.2) is 45.0 Å². The van der Waals surface area contributed by atoms with Gasteiger partial charge in [0.2, 0.25) is 5.88 Å². The first-order valence-corrected chi connectivity index (χ1v) is 8.39. The molecule has 11 heteroatoms. The lowest BCUT2D eigenvalue weighted by atomic mass is 10.2. The number of ether oxygens (including phenoxy) is 1. The second kappa shape index (κ2) is 8.14. The standard InChI is InChI=1S/C18H15F3N6O2/c1-11-6-12(7-25-17(11)29-10-18(19,20)21)8-27-9-13-14(26-27)2-4-23-15(13)16(28)24-5-3-22/h2,4,6-7,9H,5,8,10H2,1H3,(H,24,28). The average molecular weight is 404 g/mol. The van der Waals surface area contributed by atoms with Gasteiger partial charge in [-0.25, -0.2) is 4.98 Å². The SMILES string of the molecule is Cc1cc(Cn2cc3c(C(=O)NCC#N)nccc3n2)cnc1OCC(F)(F)F. The van der Waals surface area contributed by atoms with E-state index in [1.807, 2.05) is 6.07 Å². The third-order valence-electron chi connectivity index (χ3n) is 3.83. The van der Waals surface area contributed by atoms with Crippen molar-refractivity contribution in [3.8, 4) is 11.9 Å². The maximum absolute atomic E-state index is 12.3. The van der Waals surface area contributed by atoms with Crippen LogP contribution in [0.15, 0.2) is 30.7 Å². The molecule has 8 nitrogen and oxygen atoms in total. The monoisotopic (exact) mass is 404 g/mol. The van der Waals surface area contributed by atoms with Gasteiger partial charge in [0.15, 0.2) is 6.61 Å². The normalized spacial score (nSPS) is 11.3. The van der Waals surface area contributed by atoms with Gasteiger partial charge in [-0.2, -0.15) is 23.5 Å². The molecule has 0 bridgehead atoms. The number of nitrogens with one attached hydrogen (secondary N) is 1. The van der Waals surface area contributed by atoms with Gasteiger partial charge in [-0.3, -0.25) is 14.5 Å². The first-order valence-electron chi connectivity index (χ1n) is 8.39. The van der Waals surface area contributed by atoms with Crippen LogP contribution in [0.25, 0.3) is 10.9 Å². The summed E-state index contributed by atoms with van der Waals surface area (Å²) in [6.07, 6.45) is 0.0452. The summed E-state index contributed by atoms with van der Waals surface area (Å²) in [5, 5.41) is 15.9. The summed E-state index contributed by atoms with van der Waals surface area (Å²) in [6.45, 7) is 0.331. The van der Waals surface area contributed by atoms with E-state index in [1.54, 1.807) is 29.9 Å². The van der Waals surface area contributed by atoms with Crippen LogP contribution in [0.3, 0.4) is 0 Å². The van der Waals surface area contributed by atoms with Gasteiger partial charge in [-0.15, -0.1) is 0 Å². The van der Waals surface area contributed by atoms with Gasteiger partial charge >= 0.3 is 6.18 Å². The summed E-state index contributed by atoms with van der Waals surface area (Å²) in [4.78, 5) is 20.1. The molecule has 3 heterocycles. The Labute approximate surface area is 162 Å². The van der Waals surface area contributed by atoms with Crippen LogP contribution >= 0.6 is 0 Å². The van der Waals surface area contributed by atoms with Crippen molar-refractivity contribution >= 4 is 16.8 Å². The topological polar surface area (TPSA) is 106 Å². The maximum atomic E-state index is 12.3. The van der Waals surface area contributed by atoms with Crippen molar-refractivity contribution in [1.82, 2.24) is 25.1 Å². The van der Waals surface area contributed by atoms with E-state index in [0.29, 0.717) is 22.0 Å². The zero-order chi connectivity index (χ0) is 21.0. The molecule has 3 aromatic heterocycles. The molecule has 0 unspecified atom stereocenters. The molecule has 3 aromatic rings. The predicted octanol–water partition coefficient (Wildman–Crippen LogP) is 2.38. The molecule has 1 N–H and O–H groups in total. The molecule has 0 aliphatic rings. The van der Waals surface area contributed by atoms with Gasteiger partial charge in [-0.05, 0) is 24.6 Å². The van der Waals surface area contributed by atoms with Crippen molar-refractivity contribution in [1.29, 1.82) is 5.26 Å². The summed E-state index contributed by atoms with van der Waals surface area (Å²) in [5.74, 6) is -0.572. The quantitative estimate of drug-likeness (QED) is 0.633. The second-order valence-electron chi connectivity index (χ2n) is 6.13. The highest BCUT2D eigenvalue weighted by Gasteiger charge is 2.29. The first kappa shape index (κ1) is 20.1. The summed E-state index contributed by atoms with van der Waals surface area (Å²) in [7, 11) is 0. The number of aromatic nitrogens is 4. The van der Waals surface area contributed by atoms with Crippen LogP contribution < -0.4 is 10.1 Å². The number of pyridine rings is 2. The molecule has 3 rings (SSSR count). The summed E-state index contributed by atoms with van der Waals surface area (Å²) >= 11 is 0. The highest BCUT2D eigenvalue weighted by Crippen LogP contribution is 2.21. The molecule has 0 radical (unpaired) electrons. The number of halogens is 3. The van der Waals surface area contributed by atoms with E-state index in [4.69, 9.17) is 10.00 Å². The lowest BCUT2D eigenvalue weighted by Gasteiger charge is -2.11. The Hall–Kier alpha value is -3.68. The van der Waals surface area contributed by atoms with E-state index in [1.165, 1.54) is 12.4 Å². The van der Waals surface area contributed by atoms with Crippen LogP contribution in [-0.2, 0) is 6.54 Å². The molecule has 0 saturated heterocycles. The number of rotatable bonds is 6. The minimum Gasteiger partial charge on any atom is -0.468 e. The maximum Gasteiger partial charge on any atom is 0.422 e. The lowest BCUT2D eigenvalue weighted by Crippen LogP contribution is -2.24. The van der Waals surface area contributed by atoms with Crippen LogP contribution in [0, 0.1) is 18.3 Å². The Kier molecular flexibility index (Phi) is 5.63. The molecular weight excluding hydrogens is 389 g/mol. The molecule has 150 valence electrons. The summed E-state index contributed by atoms with van der Waals surface area (Å²) in [5.41, 5.74) is 1.84. The summed E-state index contributed by atoms with van der Waals surface area (Å²) in [6, 6.07) is 5.12. The molecule has 0 aliphatic carbocycles. The van der Waals surface area contributed by atoms with E-state index >= 15 is 0 Å². The van der Waals surface area contributed by atoms with Crippen LogP contribution in [0.5, 0.6) is 5.88 Å². The number of hydrogen-bond donors (Lipinski definition) is 1. The van der Waals surface area contributed by atoms with Gasteiger partial charge in [-0.1, -0.05) is 0 Å². The van der Waals surface area contributed by atoms with Crippen molar-refractivity contribution in [2.45, 2.75) is 19.6 Å². The van der Waals surface area contributed by atoms with Crippen molar-refractivity contribution in [2.75, 3.05) is 13.2 Å². The number of fused-ring (bicyclic) bond motifs is 1. The fourth-order valence-electron chi connectivity index (χ4n) is 2.65. The number of nitriles is 1. The van der Waals surface area contributed by atoms with Crippen LogP contribution in [0.4, 0.5) is 13.2 Å². The number of alkyl halides is 3. The summed E-state index contributed by atoms with van der Waals surface area (Å²) < 4.78 is 43.1. The van der Waals surface area contributed by atoms with Crippen LogP contribution in [0.2, 0.25) is 0 Å². The Morgan fingerprint density at radius 1 is 1.38 bits per heavy atom. The minimum absolute atomic E-state index is 0.0858. The molecule has 1 amide bonds. The zero-order valence-corrected chi connectivity index (χ0v) is 15.2. The largest absolute Gasteiger partial charge is 0.468 e. The Morgan fingerprint density at radius 3 is 2.86 bits per heavy atom. The number of hydrogen-bond acceptors (Lipinski definition) is 6. The van der Waals surface area contributed by atoms with Crippen molar-refractivity contribution in [3.05, 3.63) is 47.5 Å². The molecule has 0 spiro atoms. The van der Waals surface area contributed by atoms with E-state index in [0.717, 1.165) is 0 Å². The van der Waals surface area contributed by atoms with E-state index in [-0.39, 0.29) is 24.7 Å². The fraction of sp³-hybridized carbons (Fsp3) is 0.278. The highest BCUT2D eigenvalue weighted by molar-refractivity contribution is 6.04. The van der Waals surface area contributed by atoms with E-state index in [2.05, 4.69) is 20.4 Å². The lowest BCUT2D eigenvalue weighted by molar-refractivity contribution is -0.154. The average Bonchev–Trinajstić information content (AvgIpc) is 3.07. The van der Waals surface area contributed by atoms with Gasteiger partial charge in [0.25, 0.3) is 5.91 Å². The van der Waals surface area contributed by atoms with Gasteiger partial charge in [0.1, 0.15) is 12.2 Å². The molecule has 29 heavy (non-hydrogen) atoms. The van der Waals surface area contributed by atoms with Gasteiger partial charge < -0.3 is 10.1 Å². The number of carbonyl (C=O) groups excluding carboxylic acids is 1. The van der Waals surface area contributed by atoms with Crippen LogP contribution in [0.1, 0.15) is 21.6 Å². The molecule has 0 saturated carbocycles. The number of amides is 1. The number of aryl methyl sites for hydroxylation is 1. The minimum atomic E-state index is -4.44. The fourth-order valence-corrected chi connectivity index (χ4v) is 2.65. The van der Waals surface area contributed by atoms with Crippen molar-refractivity contribution < 1.29 is 22.7 Å². The molecule has 0 aliphatic heterocycles. The third-order valence-corrected chi connectivity index (χ3v) is 3.83. The molecule has 0 atom stereocenters. The second-order valence-corrected chi connectivity index (χ2v) is 6.13. The number of nitrogens with zero attached hydrogens (tertiary/aromatic N) is 5. The Morgan fingerprint density at radius 2 is 2.17 bits per heavy atom. The Balaban J connectivity index is 1.79. The predicted molar refractivity (Wildman–Crippen MR) is 95.1 cm³/mol. The van der Waals surface area contributed by atoms with Crippen molar-refractivity contribution in [2.24, 2.45) is 0 Å². The first-order chi connectivity index (χ1) is 13.8. The van der Waals surface area contributed by atoms with Gasteiger partial charge in [0.05, 0.1) is 23.5 Å². The molecule has 0 fully saturated rings. The molecular formula is C18H15F3N6O2. The third kappa shape index (κ3) is 4.98. The number of carbonyl (C=O) groups is 1. The Bertz CT molecular complexity index is 1090. The van der Waals surface area contributed by atoms with Crippen molar-refractivity contribution in [3.63, 3.8) is 0 Å². The van der Waals surface area contributed by atoms with Gasteiger partial charge in [0, 0.05) is 24.2 Å². The van der Waals surface area contributed by atoms with E-state index < -0.39 is 18.7 Å².